The maximum atomic E-state index is 12.5. The molecule has 0 atom stereocenters. The number of aromatic nitrogens is 4. The second-order valence-electron chi connectivity index (χ2n) is 7.36. The van der Waals surface area contributed by atoms with Crippen LogP contribution < -0.4 is 15.4 Å². The van der Waals surface area contributed by atoms with Crippen LogP contribution in [0.25, 0.3) is 21.8 Å². The molecule has 1 saturated heterocycles. The highest BCUT2D eigenvalue weighted by atomic mass is 16.3. The number of anilines is 2. The molecule has 1 N–H and O–H groups in total. The summed E-state index contributed by atoms with van der Waals surface area (Å²) in [6.45, 7) is 3.58. The lowest BCUT2D eigenvalue weighted by atomic mass is 10.1. The Morgan fingerprint density at radius 3 is 2.50 bits per heavy atom. The highest BCUT2D eigenvalue weighted by molar-refractivity contribution is 5.89. The van der Waals surface area contributed by atoms with Crippen molar-refractivity contribution in [2.24, 2.45) is 0 Å². The van der Waals surface area contributed by atoms with Gasteiger partial charge in [0.15, 0.2) is 0 Å². The van der Waals surface area contributed by atoms with Gasteiger partial charge in [0.1, 0.15) is 12.1 Å². The maximum absolute atomic E-state index is 12.5. The predicted molar refractivity (Wildman–Crippen MR) is 117 cm³/mol. The van der Waals surface area contributed by atoms with Crippen molar-refractivity contribution in [3.8, 4) is 0 Å². The summed E-state index contributed by atoms with van der Waals surface area (Å²) in [5, 5.41) is 10.7. The first kappa shape index (κ1) is 18.5. The summed E-state index contributed by atoms with van der Waals surface area (Å²) in [5.74, 6) is 0.977. The maximum Gasteiger partial charge on any atom is 0.261 e. The van der Waals surface area contributed by atoms with Gasteiger partial charge >= 0.3 is 0 Å². The molecule has 0 amide bonds. The molecule has 0 aliphatic carbocycles. The topological polar surface area (TPSA) is 87.4 Å². The molecule has 3 heterocycles. The number of nitrogens with zero attached hydrogens (tertiary/aromatic N) is 6. The zero-order valence-corrected chi connectivity index (χ0v) is 16.5. The third-order valence-electron chi connectivity index (χ3n) is 5.62. The third kappa shape index (κ3) is 3.25. The normalized spacial score (nSPS) is 14.6. The molecule has 2 aromatic heterocycles. The fourth-order valence-electron chi connectivity index (χ4n) is 4.03. The average Bonchev–Trinajstić information content (AvgIpc) is 2.80. The smallest absolute Gasteiger partial charge is 0.261 e. The van der Waals surface area contributed by atoms with Crippen LogP contribution in [0.2, 0.25) is 0 Å². The summed E-state index contributed by atoms with van der Waals surface area (Å²) in [7, 11) is 0. The molecular weight excluding hydrogens is 380 g/mol. The van der Waals surface area contributed by atoms with Crippen LogP contribution in [0.4, 0.5) is 11.5 Å². The summed E-state index contributed by atoms with van der Waals surface area (Å²) in [4.78, 5) is 30.4. The Morgan fingerprint density at radius 1 is 0.867 bits per heavy atom. The number of hydrogen-bond donors (Lipinski definition) is 1. The van der Waals surface area contributed by atoms with Gasteiger partial charge in [-0.2, -0.15) is 0 Å². The zero-order chi connectivity index (χ0) is 20.5. The second kappa shape index (κ2) is 7.72. The van der Waals surface area contributed by atoms with Crippen molar-refractivity contribution < 1.29 is 5.11 Å². The lowest BCUT2D eigenvalue weighted by Gasteiger charge is -2.37. The molecule has 0 bridgehead atoms. The molecule has 0 saturated carbocycles. The molecule has 8 nitrogen and oxygen atoms in total. The Kier molecular flexibility index (Phi) is 4.76. The molecule has 0 unspecified atom stereocenters. The van der Waals surface area contributed by atoms with Crippen molar-refractivity contribution in [3.63, 3.8) is 0 Å². The predicted octanol–water partition coefficient (Wildman–Crippen LogP) is 1.66. The number of aliphatic hydroxyl groups is 1. The van der Waals surface area contributed by atoms with E-state index in [-0.39, 0.29) is 18.7 Å². The van der Waals surface area contributed by atoms with Crippen LogP contribution in [-0.2, 0) is 6.54 Å². The monoisotopic (exact) mass is 402 g/mol. The van der Waals surface area contributed by atoms with Crippen LogP contribution in [0.3, 0.4) is 0 Å². The summed E-state index contributed by atoms with van der Waals surface area (Å²) in [6.07, 6.45) is 3.13. The van der Waals surface area contributed by atoms with E-state index in [1.165, 1.54) is 10.9 Å². The standard InChI is InChI=1S/C22H22N6O2/c29-12-11-28-15-25-20-13-16(5-6-18(20)22(28)30)26-7-9-27(10-8-26)21-17-3-1-2-4-19(17)23-14-24-21/h1-6,13-15,29H,7-12H2. The zero-order valence-electron chi connectivity index (χ0n) is 16.5. The van der Waals surface area contributed by atoms with E-state index < -0.39 is 0 Å². The molecule has 152 valence electrons. The van der Waals surface area contributed by atoms with Crippen molar-refractivity contribution in [1.29, 1.82) is 0 Å². The number of hydrogen-bond acceptors (Lipinski definition) is 7. The van der Waals surface area contributed by atoms with Gasteiger partial charge in [0.2, 0.25) is 0 Å². The van der Waals surface area contributed by atoms with E-state index in [4.69, 9.17) is 5.11 Å². The Hall–Kier alpha value is -3.52. The highest BCUT2D eigenvalue weighted by Gasteiger charge is 2.20. The van der Waals surface area contributed by atoms with Gasteiger partial charge in [-0.25, -0.2) is 15.0 Å². The van der Waals surface area contributed by atoms with Gasteiger partial charge in [-0.1, -0.05) is 12.1 Å². The summed E-state index contributed by atoms with van der Waals surface area (Å²) < 4.78 is 1.44. The Labute approximate surface area is 173 Å². The molecule has 0 radical (unpaired) electrons. The molecule has 1 fully saturated rings. The van der Waals surface area contributed by atoms with Crippen LogP contribution in [0.1, 0.15) is 0 Å². The second-order valence-corrected chi connectivity index (χ2v) is 7.36. The number of fused-ring (bicyclic) bond motifs is 2. The largest absolute Gasteiger partial charge is 0.395 e. The molecule has 5 rings (SSSR count). The van der Waals surface area contributed by atoms with Crippen molar-refractivity contribution in [2.75, 3.05) is 42.6 Å². The summed E-state index contributed by atoms with van der Waals surface area (Å²) in [5.41, 5.74) is 2.57. The minimum atomic E-state index is -0.124. The van der Waals surface area contributed by atoms with E-state index in [9.17, 15) is 4.79 Å². The van der Waals surface area contributed by atoms with Gasteiger partial charge in [0, 0.05) is 37.3 Å². The first-order chi connectivity index (χ1) is 14.7. The van der Waals surface area contributed by atoms with Gasteiger partial charge in [-0.3, -0.25) is 9.36 Å². The lowest BCUT2D eigenvalue weighted by Crippen LogP contribution is -2.47. The number of piperazine rings is 1. The summed E-state index contributed by atoms with van der Waals surface area (Å²) >= 11 is 0. The molecule has 0 spiro atoms. The van der Waals surface area contributed by atoms with Crippen molar-refractivity contribution >= 4 is 33.3 Å². The van der Waals surface area contributed by atoms with Crippen molar-refractivity contribution in [3.05, 3.63) is 65.5 Å². The summed E-state index contributed by atoms with van der Waals surface area (Å²) in [6, 6.07) is 13.9. The van der Waals surface area contributed by atoms with Gasteiger partial charge in [0.25, 0.3) is 5.56 Å². The first-order valence-electron chi connectivity index (χ1n) is 10.0. The van der Waals surface area contributed by atoms with E-state index in [0.717, 1.165) is 48.6 Å². The number of aliphatic hydroxyl groups excluding tert-OH is 1. The minimum absolute atomic E-state index is 0.0862. The molecular formula is C22H22N6O2. The minimum Gasteiger partial charge on any atom is -0.395 e. The van der Waals surface area contributed by atoms with E-state index in [1.54, 1.807) is 6.33 Å². The lowest BCUT2D eigenvalue weighted by molar-refractivity contribution is 0.274. The Morgan fingerprint density at radius 2 is 1.67 bits per heavy atom. The van der Waals surface area contributed by atoms with Crippen LogP contribution in [0, 0.1) is 0 Å². The van der Waals surface area contributed by atoms with E-state index in [1.807, 2.05) is 36.4 Å². The van der Waals surface area contributed by atoms with Gasteiger partial charge in [-0.15, -0.1) is 0 Å². The molecule has 2 aromatic carbocycles. The average molecular weight is 402 g/mol. The van der Waals surface area contributed by atoms with E-state index in [2.05, 4.69) is 30.8 Å². The van der Waals surface area contributed by atoms with Gasteiger partial charge in [0.05, 0.1) is 35.9 Å². The molecule has 8 heteroatoms. The first-order valence-corrected chi connectivity index (χ1v) is 10.0. The number of rotatable bonds is 4. The molecule has 30 heavy (non-hydrogen) atoms. The quantitative estimate of drug-likeness (QED) is 0.555. The Bertz CT molecular complexity index is 1260. The number of benzene rings is 2. The third-order valence-corrected chi connectivity index (χ3v) is 5.62. The fraction of sp³-hybridized carbons (Fsp3) is 0.273. The highest BCUT2D eigenvalue weighted by Crippen LogP contribution is 2.26. The van der Waals surface area contributed by atoms with E-state index >= 15 is 0 Å². The van der Waals surface area contributed by atoms with Gasteiger partial charge in [-0.05, 0) is 30.3 Å². The van der Waals surface area contributed by atoms with Crippen LogP contribution in [-0.4, -0.2) is 57.4 Å². The SMILES string of the molecule is O=c1c2ccc(N3CCN(c4ncnc5ccccc45)CC3)cc2ncn1CCO. The number of para-hydroxylation sites is 1. The van der Waals surface area contributed by atoms with Crippen LogP contribution >= 0.6 is 0 Å². The molecule has 1 aliphatic heterocycles. The fourth-order valence-corrected chi connectivity index (χ4v) is 4.03. The molecule has 1 aliphatic rings. The van der Waals surface area contributed by atoms with Crippen molar-refractivity contribution in [1.82, 2.24) is 19.5 Å². The van der Waals surface area contributed by atoms with E-state index in [0.29, 0.717) is 10.9 Å². The van der Waals surface area contributed by atoms with Crippen molar-refractivity contribution in [2.45, 2.75) is 6.54 Å². The molecule has 4 aromatic rings. The van der Waals surface area contributed by atoms with Crippen LogP contribution in [0.5, 0.6) is 0 Å². The van der Waals surface area contributed by atoms with Crippen LogP contribution in [0.15, 0.2) is 59.9 Å². The Balaban J connectivity index is 1.37. The van der Waals surface area contributed by atoms with Gasteiger partial charge < -0.3 is 14.9 Å².